The van der Waals surface area contributed by atoms with Crippen LogP contribution in [0.4, 0.5) is 0 Å². The van der Waals surface area contributed by atoms with E-state index in [1.165, 1.54) is 13.8 Å². The highest BCUT2D eigenvalue weighted by atomic mass is 32.2. The minimum Gasteiger partial charge on any atom is -0.461 e. The first-order valence-corrected chi connectivity index (χ1v) is 18.3. The Labute approximate surface area is 293 Å². The highest BCUT2D eigenvalue weighted by Crippen LogP contribution is 2.43. The summed E-state index contributed by atoms with van der Waals surface area (Å²) in [6.07, 6.45) is -3.66. The van der Waals surface area contributed by atoms with Gasteiger partial charge in [0.25, 0.3) is 5.79 Å². The minimum atomic E-state index is -4.18. The van der Waals surface area contributed by atoms with E-state index in [1.807, 2.05) is 121 Å². The smallest absolute Gasteiger partial charge is 0.254 e. The molecule has 2 aliphatic heterocycles. The van der Waals surface area contributed by atoms with Crippen molar-refractivity contribution in [3.63, 3.8) is 0 Å². The SMILES string of the molecule is CC(=O)C1=C(C)O[C@@]2(CS1(=O)=O)O[C@H](COCc1ccccc1)[C@@H](OCc1ccccc1)[C@H](OCc1ccccc1)[C@H]2OCc1ccccc1. The molecule has 4 aromatic carbocycles. The number of Topliss-reactive ketones (excluding diaryl/α,β-unsaturated/α-hetero) is 1. The van der Waals surface area contributed by atoms with Gasteiger partial charge in [0.05, 0.1) is 33.0 Å². The quantitative estimate of drug-likeness (QED) is 0.150. The predicted molar refractivity (Wildman–Crippen MR) is 187 cm³/mol. The first-order chi connectivity index (χ1) is 24.2. The molecule has 4 aromatic rings. The normalized spacial score (nSPS) is 24.5. The van der Waals surface area contributed by atoms with Crippen molar-refractivity contribution in [3.8, 4) is 0 Å². The number of ketones is 1. The van der Waals surface area contributed by atoms with Crippen LogP contribution in [0.15, 0.2) is 132 Å². The lowest BCUT2D eigenvalue weighted by Gasteiger charge is -2.53. The van der Waals surface area contributed by atoms with E-state index >= 15 is 0 Å². The van der Waals surface area contributed by atoms with Crippen LogP contribution in [-0.4, -0.2) is 56.8 Å². The predicted octanol–water partition coefficient (Wildman–Crippen LogP) is 6.32. The van der Waals surface area contributed by atoms with Gasteiger partial charge in [0.2, 0.25) is 0 Å². The number of rotatable bonds is 14. The van der Waals surface area contributed by atoms with E-state index in [-0.39, 0.29) is 43.7 Å². The van der Waals surface area contributed by atoms with Gasteiger partial charge in [-0.3, -0.25) is 4.79 Å². The summed E-state index contributed by atoms with van der Waals surface area (Å²) in [5.74, 6) is -3.24. The number of carbonyl (C=O) groups excluding carboxylic acids is 1. The molecule has 2 aliphatic rings. The maximum Gasteiger partial charge on any atom is 0.254 e. The van der Waals surface area contributed by atoms with Gasteiger partial charge in [-0.15, -0.1) is 0 Å². The van der Waals surface area contributed by atoms with Gasteiger partial charge in [0.1, 0.15) is 34.7 Å². The lowest BCUT2D eigenvalue weighted by atomic mass is 9.92. The van der Waals surface area contributed by atoms with Gasteiger partial charge in [-0.05, 0) is 36.1 Å². The molecule has 0 amide bonds. The largest absolute Gasteiger partial charge is 0.461 e. The van der Waals surface area contributed by atoms with Gasteiger partial charge < -0.3 is 28.4 Å². The van der Waals surface area contributed by atoms with Crippen molar-refractivity contribution in [3.05, 3.63) is 154 Å². The number of benzene rings is 4. The van der Waals surface area contributed by atoms with Crippen LogP contribution in [0.2, 0.25) is 0 Å². The van der Waals surface area contributed by atoms with Gasteiger partial charge >= 0.3 is 0 Å². The Hall–Kier alpha value is -4.16. The molecule has 1 saturated heterocycles. The van der Waals surface area contributed by atoms with Crippen LogP contribution in [0.5, 0.6) is 0 Å². The molecule has 10 heteroatoms. The molecule has 9 nitrogen and oxygen atoms in total. The second-order valence-corrected chi connectivity index (χ2v) is 14.4. The number of allylic oxidation sites excluding steroid dienone is 2. The summed E-state index contributed by atoms with van der Waals surface area (Å²) >= 11 is 0. The molecule has 0 aliphatic carbocycles. The first kappa shape index (κ1) is 35.7. The average Bonchev–Trinajstić information content (AvgIpc) is 3.10. The summed E-state index contributed by atoms with van der Waals surface area (Å²) in [5, 5.41) is 0. The molecule has 0 bridgehead atoms. The Balaban J connectivity index is 1.42. The molecule has 6 rings (SSSR count). The second-order valence-electron chi connectivity index (χ2n) is 12.5. The Bertz CT molecular complexity index is 1830. The van der Waals surface area contributed by atoms with Crippen molar-refractivity contribution in [1.82, 2.24) is 0 Å². The lowest BCUT2D eigenvalue weighted by Crippen LogP contribution is -2.70. The number of hydrogen-bond donors (Lipinski definition) is 0. The van der Waals surface area contributed by atoms with Crippen LogP contribution in [0.25, 0.3) is 0 Å². The molecule has 50 heavy (non-hydrogen) atoms. The van der Waals surface area contributed by atoms with Crippen molar-refractivity contribution >= 4 is 15.6 Å². The van der Waals surface area contributed by atoms with E-state index in [2.05, 4.69) is 0 Å². The zero-order valence-electron chi connectivity index (χ0n) is 28.2. The monoisotopic (exact) mass is 698 g/mol. The topological polar surface area (TPSA) is 107 Å². The van der Waals surface area contributed by atoms with Crippen molar-refractivity contribution in [2.45, 2.75) is 70.5 Å². The average molecular weight is 699 g/mol. The summed E-state index contributed by atoms with van der Waals surface area (Å²) in [6.45, 7) is 3.49. The molecule has 262 valence electrons. The summed E-state index contributed by atoms with van der Waals surface area (Å²) in [7, 11) is -4.18. The summed E-state index contributed by atoms with van der Waals surface area (Å²) < 4.78 is 67.3. The van der Waals surface area contributed by atoms with Crippen molar-refractivity contribution in [1.29, 1.82) is 0 Å². The Morgan fingerprint density at radius 1 is 0.680 bits per heavy atom. The number of sulfone groups is 1. The van der Waals surface area contributed by atoms with Crippen LogP contribution in [0, 0.1) is 0 Å². The van der Waals surface area contributed by atoms with Crippen LogP contribution in [0.1, 0.15) is 36.1 Å². The van der Waals surface area contributed by atoms with Gasteiger partial charge in [-0.25, -0.2) is 8.42 Å². The van der Waals surface area contributed by atoms with Crippen molar-refractivity contribution in [2.24, 2.45) is 0 Å². The Morgan fingerprint density at radius 2 is 1.12 bits per heavy atom. The van der Waals surface area contributed by atoms with Crippen LogP contribution >= 0.6 is 0 Å². The molecular formula is C40H42O9S. The maximum absolute atomic E-state index is 13.9. The molecule has 2 heterocycles. The molecule has 0 aromatic heterocycles. The van der Waals surface area contributed by atoms with Gasteiger partial charge in [-0.2, -0.15) is 0 Å². The fourth-order valence-corrected chi connectivity index (χ4v) is 8.36. The molecule has 1 spiro atoms. The fraction of sp³-hybridized carbons (Fsp3) is 0.325. The summed E-state index contributed by atoms with van der Waals surface area (Å²) in [4.78, 5) is 12.2. The van der Waals surface area contributed by atoms with Crippen LogP contribution in [0.3, 0.4) is 0 Å². The van der Waals surface area contributed by atoms with Crippen LogP contribution in [-0.2, 0) is 69.5 Å². The molecule has 0 radical (unpaired) electrons. The summed E-state index contributed by atoms with van der Waals surface area (Å²) in [6, 6.07) is 38.6. The van der Waals surface area contributed by atoms with E-state index in [0.717, 1.165) is 22.3 Å². The third kappa shape index (κ3) is 8.58. The second kappa shape index (κ2) is 16.2. The molecule has 5 atom stereocenters. The Morgan fingerprint density at radius 3 is 1.58 bits per heavy atom. The Kier molecular flexibility index (Phi) is 11.6. The van der Waals surface area contributed by atoms with E-state index in [9.17, 15) is 13.2 Å². The highest BCUT2D eigenvalue weighted by molar-refractivity contribution is 7.96. The maximum atomic E-state index is 13.9. The van der Waals surface area contributed by atoms with Gasteiger partial charge in [0.15, 0.2) is 21.7 Å². The molecule has 1 fully saturated rings. The van der Waals surface area contributed by atoms with Crippen molar-refractivity contribution in [2.75, 3.05) is 12.4 Å². The number of hydrogen-bond acceptors (Lipinski definition) is 9. The van der Waals surface area contributed by atoms with E-state index < -0.39 is 51.6 Å². The number of carbonyl (C=O) groups is 1. The standard InChI is InChI=1S/C40H42O9S/c1-29(41)38-30(2)48-40(28-50(38,42)43)39(47-26-34-21-13-6-14-22-34)37(46-25-33-19-11-5-12-20-33)36(45-24-32-17-9-4-10-18-32)35(49-40)27-44-23-31-15-7-3-8-16-31/h3-22,35-37,39H,23-28H2,1-2H3/t35-,36-,37+,39-,40+/m1/s1. The van der Waals surface area contributed by atoms with Crippen molar-refractivity contribution < 1.29 is 41.6 Å². The highest BCUT2D eigenvalue weighted by Gasteiger charge is 2.62. The van der Waals surface area contributed by atoms with Gasteiger partial charge in [-0.1, -0.05) is 121 Å². The zero-order valence-corrected chi connectivity index (χ0v) is 29.0. The van der Waals surface area contributed by atoms with Gasteiger partial charge in [0, 0.05) is 0 Å². The first-order valence-electron chi connectivity index (χ1n) is 16.6. The molecule has 0 unspecified atom stereocenters. The zero-order chi connectivity index (χ0) is 35.0. The molecule has 0 N–H and O–H groups in total. The summed E-state index contributed by atoms with van der Waals surface area (Å²) in [5.41, 5.74) is 3.65. The molecular weight excluding hydrogens is 656 g/mol. The van der Waals surface area contributed by atoms with E-state index in [0.29, 0.717) is 0 Å². The third-order valence-electron chi connectivity index (χ3n) is 8.68. The third-order valence-corrected chi connectivity index (χ3v) is 10.7. The minimum absolute atomic E-state index is 0.0262. The molecule has 0 saturated carbocycles. The number of ether oxygens (including phenoxy) is 6. The van der Waals surface area contributed by atoms with E-state index in [4.69, 9.17) is 28.4 Å². The van der Waals surface area contributed by atoms with Crippen LogP contribution < -0.4 is 0 Å². The fourth-order valence-electron chi connectivity index (χ4n) is 6.48. The van der Waals surface area contributed by atoms with E-state index in [1.54, 1.807) is 0 Å². The lowest BCUT2D eigenvalue weighted by molar-refractivity contribution is -0.366.